The van der Waals surface area contributed by atoms with Gasteiger partial charge in [-0.1, -0.05) is 6.07 Å². The van der Waals surface area contributed by atoms with Crippen LogP contribution in [-0.4, -0.2) is 43.8 Å². The van der Waals surface area contributed by atoms with E-state index >= 15 is 0 Å². The first-order valence-corrected chi connectivity index (χ1v) is 8.68. The molecule has 2 rings (SSSR count). The number of carbonyl (C=O) groups is 1. The molecule has 0 bridgehead atoms. The molecule has 0 spiro atoms. The van der Waals surface area contributed by atoms with Gasteiger partial charge in [0.05, 0.1) is 4.90 Å². The molecule has 0 saturated carbocycles. The number of sulfonamides is 1. The first-order valence-electron chi connectivity index (χ1n) is 7.24. The van der Waals surface area contributed by atoms with Gasteiger partial charge in [-0.2, -0.15) is 0 Å². The summed E-state index contributed by atoms with van der Waals surface area (Å²) in [7, 11) is -0.629. The van der Waals surface area contributed by atoms with E-state index in [1.165, 1.54) is 20.2 Å². The highest BCUT2D eigenvalue weighted by Crippen LogP contribution is 2.19. The van der Waals surface area contributed by atoms with Crippen molar-refractivity contribution in [2.75, 3.05) is 20.6 Å². The maximum atomic E-state index is 12.3. The third-order valence-corrected chi connectivity index (χ3v) is 5.49. The second-order valence-corrected chi connectivity index (χ2v) is 7.56. The fraction of sp³-hybridized carbons (Fsp3) is 0.312. The summed E-state index contributed by atoms with van der Waals surface area (Å²) in [5.41, 5.74) is 0.950. The summed E-state index contributed by atoms with van der Waals surface area (Å²) < 4.78 is 27.7. The van der Waals surface area contributed by atoms with Crippen LogP contribution in [0.3, 0.4) is 0 Å². The van der Waals surface area contributed by atoms with Gasteiger partial charge in [0.25, 0.3) is 5.91 Å². The zero-order valence-corrected chi connectivity index (χ0v) is 14.3. The highest BCUT2D eigenvalue weighted by molar-refractivity contribution is 7.89. The number of amides is 1. The monoisotopic (exact) mass is 335 g/mol. The lowest BCUT2D eigenvalue weighted by Crippen LogP contribution is -2.28. The predicted octanol–water partition coefficient (Wildman–Crippen LogP) is 1.48. The first-order chi connectivity index (χ1) is 10.8. The van der Waals surface area contributed by atoms with E-state index in [1.54, 1.807) is 19.1 Å². The van der Waals surface area contributed by atoms with Crippen molar-refractivity contribution in [3.05, 3.63) is 53.9 Å². The lowest BCUT2D eigenvalue weighted by molar-refractivity contribution is 0.0952. The quantitative estimate of drug-likeness (QED) is 0.869. The van der Waals surface area contributed by atoms with Crippen LogP contribution >= 0.6 is 0 Å². The van der Waals surface area contributed by atoms with Gasteiger partial charge in [0, 0.05) is 45.1 Å². The Morgan fingerprint density at radius 3 is 2.48 bits per heavy atom. The molecule has 1 amide bonds. The summed E-state index contributed by atoms with van der Waals surface area (Å²) in [4.78, 5) is 12.4. The molecule has 0 radical (unpaired) electrons. The topological polar surface area (TPSA) is 71.4 Å². The van der Waals surface area contributed by atoms with Gasteiger partial charge in [0.2, 0.25) is 10.0 Å². The van der Waals surface area contributed by atoms with Gasteiger partial charge >= 0.3 is 0 Å². The van der Waals surface area contributed by atoms with Crippen molar-refractivity contribution in [2.45, 2.75) is 18.4 Å². The molecule has 0 aliphatic rings. The fourth-order valence-corrected chi connectivity index (χ4v) is 3.28. The number of carbonyl (C=O) groups excluding carboxylic acids is 1. The van der Waals surface area contributed by atoms with Crippen LogP contribution < -0.4 is 5.32 Å². The van der Waals surface area contributed by atoms with E-state index in [0.717, 1.165) is 4.31 Å². The third-order valence-electron chi connectivity index (χ3n) is 3.53. The summed E-state index contributed by atoms with van der Waals surface area (Å²) in [6, 6.07) is 8.54. The summed E-state index contributed by atoms with van der Waals surface area (Å²) in [5, 5.41) is 2.80. The van der Waals surface area contributed by atoms with Crippen molar-refractivity contribution < 1.29 is 13.2 Å². The number of aromatic nitrogens is 1. The zero-order valence-electron chi connectivity index (χ0n) is 13.5. The standard InChI is InChI=1S/C16H21N3O3S/c1-13-6-7-14(12-15(13)23(21,22)18(2)3)16(20)17-8-11-19-9-4-5-10-19/h4-7,9-10,12H,8,11H2,1-3H3,(H,17,20). The van der Waals surface area contributed by atoms with Crippen LogP contribution in [0, 0.1) is 6.92 Å². The maximum Gasteiger partial charge on any atom is 0.251 e. The number of benzene rings is 1. The van der Waals surface area contributed by atoms with Gasteiger partial charge in [0.15, 0.2) is 0 Å². The molecule has 6 nitrogen and oxygen atoms in total. The van der Waals surface area contributed by atoms with Gasteiger partial charge in [0.1, 0.15) is 0 Å². The van der Waals surface area contributed by atoms with E-state index in [0.29, 0.717) is 24.2 Å². The Morgan fingerprint density at radius 1 is 1.22 bits per heavy atom. The molecule has 1 aromatic carbocycles. The highest BCUT2D eigenvalue weighted by atomic mass is 32.2. The fourth-order valence-electron chi connectivity index (χ4n) is 2.14. The Kier molecular flexibility index (Phi) is 5.23. The van der Waals surface area contributed by atoms with Crippen molar-refractivity contribution in [1.82, 2.24) is 14.2 Å². The lowest BCUT2D eigenvalue weighted by Gasteiger charge is -2.14. The van der Waals surface area contributed by atoms with Crippen molar-refractivity contribution in [3.63, 3.8) is 0 Å². The minimum Gasteiger partial charge on any atom is -0.353 e. The maximum absolute atomic E-state index is 12.3. The average molecular weight is 335 g/mol. The van der Waals surface area contributed by atoms with E-state index in [-0.39, 0.29) is 10.8 Å². The normalized spacial score (nSPS) is 11.7. The molecule has 23 heavy (non-hydrogen) atoms. The number of hydrogen-bond acceptors (Lipinski definition) is 3. The van der Waals surface area contributed by atoms with Crippen molar-refractivity contribution in [2.24, 2.45) is 0 Å². The van der Waals surface area contributed by atoms with Crippen LogP contribution in [0.4, 0.5) is 0 Å². The smallest absolute Gasteiger partial charge is 0.251 e. The SMILES string of the molecule is Cc1ccc(C(=O)NCCn2cccc2)cc1S(=O)(=O)N(C)C. The van der Waals surface area contributed by atoms with Crippen LogP contribution in [-0.2, 0) is 16.6 Å². The Balaban J connectivity index is 2.12. The van der Waals surface area contributed by atoms with Crippen LogP contribution in [0.25, 0.3) is 0 Å². The molecule has 1 aromatic heterocycles. The van der Waals surface area contributed by atoms with Gasteiger partial charge in [-0.25, -0.2) is 12.7 Å². The molecular weight excluding hydrogens is 314 g/mol. The first kappa shape index (κ1) is 17.2. The lowest BCUT2D eigenvalue weighted by atomic mass is 10.1. The second-order valence-electron chi connectivity index (χ2n) is 5.44. The Morgan fingerprint density at radius 2 is 1.87 bits per heavy atom. The number of hydrogen-bond donors (Lipinski definition) is 1. The van der Waals surface area contributed by atoms with Crippen molar-refractivity contribution in [3.8, 4) is 0 Å². The van der Waals surface area contributed by atoms with E-state index in [1.807, 2.05) is 29.1 Å². The van der Waals surface area contributed by atoms with Crippen molar-refractivity contribution in [1.29, 1.82) is 0 Å². The highest BCUT2D eigenvalue weighted by Gasteiger charge is 2.21. The second kappa shape index (κ2) is 6.97. The van der Waals surface area contributed by atoms with E-state index in [4.69, 9.17) is 0 Å². The van der Waals surface area contributed by atoms with E-state index in [9.17, 15) is 13.2 Å². The number of aryl methyl sites for hydroxylation is 1. The third kappa shape index (κ3) is 4.00. The molecule has 0 aliphatic carbocycles. The molecule has 124 valence electrons. The number of nitrogens with one attached hydrogen (secondary N) is 1. The molecule has 0 atom stereocenters. The van der Waals surface area contributed by atoms with Crippen LogP contribution in [0.2, 0.25) is 0 Å². The molecule has 0 aliphatic heterocycles. The van der Waals surface area contributed by atoms with Gasteiger partial charge < -0.3 is 9.88 Å². The molecule has 1 heterocycles. The molecular formula is C16H21N3O3S. The molecule has 0 fully saturated rings. The minimum absolute atomic E-state index is 0.153. The van der Waals surface area contributed by atoms with Crippen LogP contribution in [0.1, 0.15) is 15.9 Å². The van der Waals surface area contributed by atoms with Gasteiger partial charge in [-0.15, -0.1) is 0 Å². The number of nitrogens with zero attached hydrogens (tertiary/aromatic N) is 2. The Bertz CT molecular complexity index is 781. The summed E-state index contributed by atoms with van der Waals surface area (Å²) in [6.07, 6.45) is 3.83. The van der Waals surface area contributed by atoms with E-state index < -0.39 is 10.0 Å². The molecule has 0 saturated heterocycles. The van der Waals surface area contributed by atoms with Crippen LogP contribution in [0.15, 0.2) is 47.6 Å². The molecule has 7 heteroatoms. The van der Waals surface area contributed by atoms with Gasteiger partial charge in [-0.3, -0.25) is 4.79 Å². The number of rotatable bonds is 6. The summed E-state index contributed by atoms with van der Waals surface area (Å²) in [6.45, 7) is 2.84. The largest absolute Gasteiger partial charge is 0.353 e. The Hall–Kier alpha value is -2.12. The molecule has 1 N–H and O–H groups in total. The molecule has 2 aromatic rings. The minimum atomic E-state index is -3.57. The van der Waals surface area contributed by atoms with E-state index in [2.05, 4.69) is 5.32 Å². The summed E-state index contributed by atoms with van der Waals surface area (Å²) >= 11 is 0. The zero-order chi connectivity index (χ0) is 17.0. The Labute approximate surface area is 136 Å². The summed E-state index contributed by atoms with van der Waals surface area (Å²) in [5.74, 6) is -0.285. The average Bonchev–Trinajstić information content (AvgIpc) is 3.00. The van der Waals surface area contributed by atoms with Crippen molar-refractivity contribution >= 4 is 15.9 Å². The van der Waals surface area contributed by atoms with Crippen LogP contribution in [0.5, 0.6) is 0 Å². The predicted molar refractivity (Wildman–Crippen MR) is 88.8 cm³/mol. The molecule has 0 unspecified atom stereocenters. The van der Waals surface area contributed by atoms with Gasteiger partial charge in [-0.05, 0) is 36.8 Å².